The van der Waals surface area contributed by atoms with Crippen LogP contribution in [0.15, 0.2) is 54.4 Å². The fourth-order valence-electron chi connectivity index (χ4n) is 6.37. The summed E-state index contributed by atoms with van der Waals surface area (Å²) in [5.74, 6) is 0.233. The molecule has 0 saturated carbocycles. The Morgan fingerprint density at radius 2 is 1.71 bits per heavy atom. The van der Waals surface area contributed by atoms with Crippen LogP contribution < -0.4 is 23.1 Å². The van der Waals surface area contributed by atoms with Crippen LogP contribution in [-0.2, 0) is 42.2 Å². The van der Waals surface area contributed by atoms with Crippen molar-refractivity contribution in [3.63, 3.8) is 0 Å². The summed E-state index contributed by atoms with van der Waals surface area (Å²) < 4.78 is 65.6. The lowest BCUT2D eigenvalue weighted by Crippen LogP contribution is -2.55. The van der Waals surface area contributed by atoms with Gasteiger partial charge in [-0.05, 0) is 86.9 Å². The molecule has 0 aliphatic carbocycles. The average molecular weight is 893 g/mol. The van der Waals surface area contributed by atoms with E-state index in [2.05, 4.69) is 22.6 Å². The number of ether oxygens (including phenoxy) is 6. The van der Waals surface area contributed by atoms with Gasteiger partial charge in [0, 0.05) is 36.4 Å². The molecule has 0 aromatic heterocycles. The SMILES string of the molecule is COc1c(C)cc(C[C@H]2C(=O)N([C@@H](COC(C)=O)c3cc(OS(C)(=O)=O)c(C)c4c3OCO4)C(C)=CN2C(=O)OC(C)(C)C)c(I)c1OCc1ccccc1. The summed E-state index contributed by atoms with van der Waals surface area (Å²) in [6.45, 7) is 11.2. The van der Waals surface area contributed by atoms with E-state index < -0.39 is 45.8 Å². The minimum atomic E-state index is -3.99. The first-order chi connectivity index (χ1) is 25.8. The fraction of sp³-hybridized carbons (Fsp3) is 0.410. The number of allylic oxidation sites excluding steroid dienone is 1. The van der Waals surface area contributed by atoms with Gasteiger partial charge in [0.15, 0.2) is 23.0 Å². The molecule has 55 heavy (non-hydrogen) atoms. The zero-order chi connectivity index (χ0) is 40.4. The van der Waals surface area contributed by atoms with Gasteiger partial charge < -0.3 is 37.5 Å². The maximum Gasteiger partial charge on any atom is 0.415 e. The predicted octanol–water partition coefficient (Wildman–Crippen LogP) is 6.72. The third-order valence-corrected chi connectivity index (χ3v) is 10.3. The van der Waals surface area contributed by atoms with Crippen LogP contribution in [0.5, 0.6) is 28.7 Å². The van der Waals surface area contributed by atoms with E-state index in [4.69, 9.17) is 32.6 Å². The molecule has 0 spiro atoms. The zero-order valence-corrected chi connectivity index (χ0v) is 35.2. The Morgan fingerprint density at radius 3 is 2.33 bits per heavy atom. The lowest BCUT2D eigenvalue weighted by atomic mass is 9.95. The Hall–Kier alpha value is -4.71. The fourth-order valence-corrected chi connectivity index (χ4v) is 7.64. The van der Waals surface area contributed by atoms with E-state index in [1.807, 2.05) is 43.3 Å². The van der Waals surface area contributed by atoms with Crippen molar-refractivity contribution >= 4 is 50.7 Å². The molecule has 14 nitrogen and oxygen atoms in total. The highest BCUT2D eigenvalue weighted by molar-refractivity contribution is 14.1. The van der Waals surface area contributed by atoms with Crippen molar-refractivity contribution < 1.29 is 55.4 Å². The molecule has 0 bridgehead atoms. The minimum Gasteiger partial charge on any atom is -0.493 e. The van der Waals surface area contributed by atoms with Gasteiger partial charge in [-0.25, -0.2) is 4.79 Å². The van der Waals surface area contributed by atoms with Crippen LogP contribution in [0.1, 0.15) is 68.5 Å². The monoisotopic (exact) mass is 892 g/mol. The average Bonchev–Trinajstić information content (AvgIpc) is 3.59. The van der Waals surface area contributed by atoms with E-state index in [-0.39, 0.29) is 49.2 Å². The second-order valence-electron chi connectivity index (χ2n) is 14.1. The molecule has 0 radical (unpaired) electrons. The molecular weight excluding hydrogens is 847 g/mol. The Morgan fingerprint density at radius 1 is 1.04 bits per heavy atom. The third kappa shape index (κ3) is 9.58. The predicted molar refractivity (Wildman–Crippen MR) is 210 cm³/mol. The molecule has 2 atom stereocenters. The van der Waals surface area contributed by atoms with Gasteiger partial charge in [-0.1, -0.05) is 36.4 Å². The van der Waals surface area contributed by atoms with Gasteiger partial charge in [-0.2, -0.15) is 8.42 Å². The number of hydrogen-bond acceptors (Lipinski definition) is 12. The standard InChI is InChI=1S/C39H45IN2O12S/c1-22-15-27(32(40)36(33(22)48-8)50-19-26-13-11-10-12-14-26)16-29-37(44)42(23(2)18-41(29)38(45)53-39(5,6)7)30(20-49-25(4)43)28-17-31(54-55(9,46)47)24(3)34-35(28)52-21-51-34/h10-15,17-18,29-30H,16,19-21H2,1-9H3/t29-,30-/m0/s1. The number of rotatable bonds is 12. The Labute approximate surface area is 334 Å². The zero-order valence-electron chi connectivity index (χ0n) is 32.2. The number of carbonyl (C=O) groups excluding carboxylic acids is 3. The van der Waals surface area contributed by atoms with Crippen molar-refractivity contribution in [3.05, 3.63) is 85.7 Å². The first-order valence-corrected chi connectivity index (χ1v) is 20.2. The Balaban J connectivity index is 1.65. The molecule has 0 fully saturated rings. The summed E-state index contributed by atoms with van der Waals surface area (Å²) in [7, 11) is -2.44. The molecule has 296 valence electrons. The topological polar surface area (TPSA) is 156 Å². The van der Waals surface area contributed by atoms with Gasteiger partial charge in [0.2, 0.25) is 6.79 Å². The number of halogens is 1. The lowest BCUT2D eigenvalue weighted by molar-refractivity contribution is -0.147. The van der Waals surface area contributed by atoms with Crippen LogP contribution in [-0.4, -0.2) is 74.6 Å². The van der Waals surface area contributed by atoms with Gasteiger partial charge in [0.05, 0.1) is 23.0 Å². The molecule has 0 saturated heterocycles. The highest BCUT2D eigenvalue weighted by Gasteiger charge is 2.44. The van der Waals surface area contributed by atoms with E-state index in [9.17, 15) is 18.0 Å². The van der Waals surface area contributed by atoms with E-state index in [0.29, 0.717) is 31.9 Å². The molecule has 16 heteroatoms. The molecule has 3 aromatic carbocycles. The van der Waals surface area contributed by atoms with E-state index in [1.165, 1.54) is 29.0 Å². The maximum absolute atomic E-state index is 15.1. The molecular formula is C39H45IN2O12S. The van der Waals surface area contributed by atoms with Crippen molar-refractivity contribution in [2.75, 3.05) is 26.8 Å². The summed E-state index contributed by atoms with van der Waals surface area (Å²) in [5.41, 5.74) is 2.41. The smallest absolute Gasteiger partial charge is 0.415 e. The van der Waals surface area contributed by atoms with Crippen molar-refractivity contribution in [3.8, 4) is 28.7 Å². The Kier molecular flexibility index (Phi) is 12.5. The molecule has 0 unspecified atom stereocenters. The first kappa shape index (κ1) is 41.5. The second-order valence-corrected chi connectivity index (χ2v) is 16.8. The summed E-state index contributed by atoms with van der Waals surface area (Å²) in [6, 6.07) is 10.7. The maximum atomic E-state index is 15.1. The van der Waals surface area contributed by atoms with Crippen LogP contribution in [0, 0.1) is 17.4 Å². The van der Waals surface area contributed by atoms with Gasteiger partial charge in [-0.3, -0.25) is 14.5 Å². The summed E-state index contributed by atoms with van der Waals surface area (Å²) in [4.78, 5) is 43.9. The van der Waals surface area contributed by atoms with Crippen molar-refractivity contribution in [2.45, 2.75) is 79.2 Å². The van der Waals surface area contributed by atoms with E-state index >= 15 is 4.79 Å². The Bertz CT molecular complexity index is 2110. The summed E-state index contributed by atoms with van der Waals surface area (Å²) >= 11 is 2.16. The number of carbonyl (C=O) groups is 3. The lowest BCUT2D eigenvalue weighted by Gasteiger charge is -2.42. The van der Waals surface area contributed by atoms with Crippen LogP contribution >= 0.6 is 22.6 Å². The summed E-state index contributed by atoms with van der Waals surface area (Å²) in [6.07, 6.45) is 1.68. The molecule has 2 aliphatic rings. The van der Waals surface area contributed by atoms with E-state index in [0.717, 1.165) is 17.4 Å². The third-order valence-electron chi connectivity index (χ3n) is 8.68. The number of aryl methyl sites for hydroxylation is 1. The van der Waals surface area contributed by atoms with Gasteiger partial charge in [-0.15, -0.1) is 0 Å². The largest absolute Gasteiger partial charge is 0.493 e. The number of fused-ring (bicyclic) bond motifs is 1. The number of hydrogen-bond donors (Lipinski definition) is 0. The quantitative estimate of drug-likeness (QED) is 0.108. The number of methoxy groups -OCH3 is 1. The summed E-state index contributed by atoms with van der Waals surface area (Å²) in [5, 5.41) is 0. The highest BCUT2D eigenvalue weighted by atomic mass is 127. The minimum absolute atomic E-state index is 0.0114. The van der Waals surface area contributed by atoms with Crippen LogP contribution in [0.25, 0.3) is 0 Å². The van der Waals surface area contributed by atoms with Crippen LogP contribution in [0.4, 0.5) is 4.79 Å². The number of amides is 2. The number of esters is 1. The van der Waals surface area contributed by atoms with Gasteiger partial charge in [0.1, 0.15) is 30.6 Å². The number of nitrogens with zero attached hydrogens (tertiary/aromatic N) is 2. The van der Waals surface area contributed by atoms with Crippen LogP contribution in [0.2, 0.25) is 0 Å². The molecule has 3 aromatic rings. The van der Waals surface area contributed by atoms with Gasteiger partial charge >= 0.3 is 22.2 Å². The van der Waals surface area contributed by atoms with Crippen molar-refractivity contribution in [1.82, 2.24) is 9.80 Å². The van der Waals surface area contributed by atoms with Crippen LogP contribution in [0.3, 0.4) is 0 Å². The molecule has 0 N–H and O–H groups in total. The molecule has 2 heterocycles. The van der Waals surface area contributed by atoms with Gasteiger partial charge in [0.25, 0.3) is 5.91 Å². The molecule has 5 rings (SSSR count). The second kappa shape index (κ2) is 16.6. The molecule has 2 amide bonds. The number of benzene rings is 3. The van der Waals surface area contributed by atoms with E-state index in [1.54, 1.807) is 41.7 Å². The molecule has 2 aliphatic heterocycles. The highest BCUT2D eigenvalue weighted by Crippen LogP contribution is 2.48. The normalized spacial score (nSPS) is 16.0. The first-order valence-electron chi connectivity index (χ1n) is 17.3. The van der Waals surface area contributed by atoms with Crippen molar-refractivity contribution in [1.29, 1.82) is 0 Å². The van der Waals surface area contributed by atoms with Crippen molar-refractivity contribution in [2.24, 2.45) is 0 Å².